The van der Waals surface area contributed by atoms with Crippen molar-refractivity contribution in [3.05, 3.63) is 29.3 Å². The predicted molar refractivity (Wildman–Crippen MR) is 67.5 cm³/mol. The smallest absolute Gasteiger partial charge is 0.342 e. The van der Waals surface area contributed by atoms with Gasteiger partial charge in [0.2, 0.25) is 0 Å². The summed E-state index contributed by atoms with van der Waals surface area (Å²) < 4.78 is 5.08. The first-order chi connectivity index (χ1) is 8.97. The van der Waals surface area contributed by atoms with Crippen LogP contribution in [0.4, 0.5) is 0 Å². The van der Waals surface area contributed by atoms with Crippen LogP contribution >= 0.6 is 0 Å². The lowest BCUT2D eigenvalue weighted by Crippen LogP contribution is -2.25. The van der Waals surface area contributed by atoms with E-state index in [1.807, 2.05) is 0 Å². The van der Waals surface area contributed by atoms with Crippen molar-refractivity contribution in [2.24, 2.45) is 0 Å². The van der Waals surface area contributed by atoms with Gasteiger partial charge < -0.3 is 20.1 Å². The fourth-order valence-electron chi connectivity index (χ4n) is 2.52. The van der Waals surface area contributed by atoms with Crippen LogP contribution in [0, 0.1) is 0 Å². The zero-order valence-electron chi connectivity index (χ0n) is 10.2. The van der Waals surface area contributed by atoms with E-state index < -0.39 is 5.97 Å². The van der Waals surface area contributed by atoms with Crippen molar-refractivity contribution in [3.8, 4) is 17.2 Å². The van der Waals surface area contributed by atoms with Gasteiger partial charge in [-0.15, -0.1) is 0 Å². The molecular weight excluding hydrogens is 249 g/mol. The highest BCUT2D eigenvalue weighted by Crippen LogP contribution is 2.41. The average molecular weight is 261 g/mol. The molecule has 0 fully saturated rings. The minimum atomic E-state index is -0.597. The third-order valence-corrected chi connectivity index (χ3v) is 3.28. The zero-order valence-corrected chi connectivity index (χ0v) is 10.2. The van der Waals surface area contributed by atoms with Gasteiger partial charge in [0.25, 0.3) is 0 Å². The fraction of sp³-hybridized carbons (Fsp3) is 0.214. The molecule has 0 aromatic heterocycles. The van der Waals surface area contributed by atoms with Crippen molar-refractivity contribution in [2.75, 3.05) is 0 Å². The lowest BCUT2D eigenvalue weighted by atomic mass is 9.97. The second-order valence-corrected chi connectivity index (χ2v) is 4.74. The van der Waals surface area contributed by atoms with Crippen molar-refractivity contribution in [1.82, 2.24) is 0 Å². The van der Waals surface area contributed by atoms with Gasteiger partial charge in [0.05, 0.1) is 5.39 Å². The Morgan fingerprint density at radius 2 is 1.95 bits per heavy atom. The van der Waals surface area contributed by atoms with E-state index in [0.717, 1.165) is 6.07 Å². The van der Waals surface area contributed by atoms with Crippen LogP contribution in [0.5, 0.6) is 17.2 Å². The molecule has 0 aliphatic carbocycles. The molecule has 0 unspecified atom stereocenters. The number of ether oxygens (including phenoxy) is 1. The Kier molecular flexibility index (Phi) is 2.32. The van der Waals surface area contributed by atoms with E-state index in [1.165, 1.54) is 6.07 Å². The van der Waals surface area contributed by atoms with Crippen LogP contribution in [0.1, 0.15) is 22.8 Å². The number of fused-ring (bicyclic) bond motifs is 2. The second-order valence-electron chi connectivity index (χ2n) is 4.74. The summed E-state index contributed by atoms with van der Waals surface area (Å²) in [6, 6.07) is 4.23. The molecule has 19 heavy (non-hydrogen) atoms. The molecular formula is C14H12O5. The second kappa shape index (κ2) is 3.78. The maximum absolute atomic E-state index is 11.8. The lowest BCUT2D eigenvalue weighted by molar-refractivity contribution is 0.0298. The predicted octanol–water partition coefficient (Wildman–Crippen LogP) is 2.06. The number of phenols is 3. The van der Waals surface area contributed by atoms with Gasteiger partial charge >= 0.3 is 5.97 Å². The molecule has 0 saturated carbocycles. The molecule has 0 spiro atoms. The number of cyclic esters (lactones) is 1. The zero-order chi connectivity index (χ0) is 13.7. The molecule has 1 aliphatic rings. The normalized spacial score (nSPS) is 18.2. The third kappa shape index (κ3) is 1.66. The quantitative estimate of drug-likeness (QED) is 0.499. The highest BCUT2D eigenvalue weighted by atomic mass is 16.6. The van der Waals surface area contributed by atoms with Gasteiger partial charge in [-0.25, -0.2) is 4.79 Å². The van der Waals surface area contributed by atoms with Crippen LogP contribution in [0.2, 0.25) is 0 Å². The topological polar surface area (TPSA) is 87.0 Å². The van der Waals surface area contributed by atoms with Crippen LogP contribution in [0.3, 0.4) is 0 Å². The molecule has 1 heterocycles. The van der Waals surface area contributed by atoms with E-state index in [-0.39, 0.29) is 34.3 Å². The molecule has 0 saturated heterocycles. The first-order valence-corrected chi connectivity index (χ1v) is 5.89. The van der Waals surface area contributed by atoms with Crippen molar-refractivity contribution in [2.45, 2.75) is 19.4 Å². The molecule has 98 valence electrons. The molecule has 2 aromatic carbocycles. The number of carbonyl (C=O) groups excluding carboxylic acids is 1. The minimum Gasteiger partial charge on any atom is -0.508 e. The van der Waals surface area contributed by atoms with Crippen LogP contribution in [0.25, 0.3) is 10.8 Å². The summed E-state index contributed by atoms with van der Waals surface area (Å²) in [5, 5.41) is 30.1. The van der Waals surface area contributed by atoms with Gasteiger partial charge in [-0.05, 0) is 30.0 Å². The molecule has 3 rings (SSSR count). The van der Waals surface area contributed by atoms with E-state index in [2.05, 4.69) is 0 Å². The van der Waals surface area contributed by atoms with Crippen LogP contribution in [0.15, 0.2) is 18.2 Å². The van der Waals surface area contributed by atoms with Crippen molar-refractivity contribution in [3.63, 3.8) is 0 Å². The van der Waals surface area contributed by atoms with E-state index >= 15 is 0 Å². The van der Waals surface area contributed by atoms with Gasteiger partial charge in [0, 0.05) is 12.5 Å². The van der Waals surface area contributed by atoms with E-state index in [9.17, 15) is 20.1 Å². The summed E-state index contributed by atoms with van der Waals surface area (Å²) in [6.45, 7) is 1.77. The molecule has 3 N–H and O–H groups in total. The Bertz CT molecular complexity index is 705. The molecule has 0 radical (unpaired) electrons. The number of hydrogen-bond acceptors (Lipinski definition) is 5. The van der Waals surface area contributed by atoms with Gasteiger partial charge in [-0.3, -0.25) is 0 Å². The van der Waals surface area contributed by atoms with Gasteiger partial charge in [-0.2, -0.15) is 0 Å². The van der Waals surface area contributed by atoms with Gasteiger partial charge in [0.1, 0.15) is 28.9 Å². The Labute approximate surface area is 108 Å². The molecule has 1 atom stereocenters. The molecule has 0 bridgehead atoms. The number of benzene rings is 2. The average Bonchev–Trinajstić information content (AvgIpc) is 2.25. The maximum atomic E-state index is 11.8. The molecule has 5 nitrogen and oxygen atoms in total. The van der Waals surface area contributed by atoms with Gasteiger partial charge in [0.15, 0.2) is 0 Å². The Hall–Kier alpha value is -2.43. The largest absolute Gasteiger partial charge is 0.508 e. The van der Waals surface area contributed by atoms with E-state index in [1.54, 1.807) is 13.0 Å². The summed E-state index contributed by atoms with van der Waals surface area (Å²) in [5.41, 5.74) is 0.741. The van der Waals surface area contributed by atoms with Crippen molar-refractivity contribution in [1.29, 1.82) is 0 Å². The van der Waals surface area contributed by atoms with Crippen LogP contribution in [-0.2, 0) is 11.2 Å². The van der Waals surface area contributed by atoms with Crippen LogP contribution < -0.4 is 0 Å². The Morgan fingerprint density at radius 3 is 2.68 bits per heavy atom. The lowest BCUT2D eigenvalue weighted by Gasteiger charge is -2.23. The first kappa shape index (κ1) is 11.6. The third-order valence-electron chi connectivity index (χ3n) is 3.28. The summed E-state index contributed by atoms with van der Waals surface area (Å²) >= 11 is 0. The highest BCUT2D eigenvalue weighted by molar-refractivity contribution is 6.05. The number of esters is 1. The number of aromatic hydroxyl groups is 3. The summed E-state index contributed by atoms with van der Waals surface area (Å²) in [4.78, 5) is 11.8. The summed E-state index contributed by atoms with van der Waals surface area (Å²) in [6.07, 6.45) is 0.226. The Balaban J connectivity index is 2.40. The number of carbonyl (C=O) groups is 1. The fourth-order valence-corrected chi connectivity index (χ4v) is 2.52. The maximum Gasteiger partial charge on any atom is 0.342 e. The first-order valence-electron chi connectivity index (χ1n) is 5.89. The monoisotopic (exact) mass is 261 g/mol. The van der Waals surface area contributed by atoms with E-state index in [4.69, 9.17) is 4.74 Å². The molecule has 2 aromatic rings. The Morgan fingerprint density at radius 1 is 1.21 bits per heavy atom. The summed E-state index contributed by atoms with van der Waals surface area (Å²) in [7, 11) is 0. The number of hydrogen-bond donors (Lipinski definition) is 3. The number of phenolic OH excluding ortho intramolecular Hbond substituents is 3. The molecule has 5 heteroatoms. The highest BCUT2D eigenvalue weighted by Gasteiger charge is 2.29. The van der Waals surface area contributed by atoms with Crippen molar-refractivity contribution >= 4 is 16.7 Å². The molecule has 0 amide bonds. The van der Waals surface area contributed by atoms with E-state index in [0.29, 0.717) is 17.4 Å². The number of rotatable bonds is 0. The van der Waals surface area contributed by atoms with Crippen molar-refractivity contribution < 1.29 is 24.9 Å². The standard InChI is InChI=1S/C14H12O5/c1-6-2-7-3-8-4-9(15)5-10(16)11(8)13(17)12(7)14(18)19-6/h3-6,15-17H,2H2,1H3/t6-/m1/s1/i14+1. The van der Waals surface area contributed by atoms with Gasteiger partial charge in [-0.1, -0.05) is 0 Å². The van der Waals surface area contributed by atoms with Crippen LogP contribution in [-0.4, -0.2) is 27.4 Å². The SMILES string of the molecule is C[C@@H]1Cc2cc3cc(O)cc(O)c3c(O)c2[13C](=O)O1. The minimum absolute atomic E-state index is 0.0894. The summed E-state index contributed by atoms with van der Waals surface area (Å²) in [5.74, 6) is -1.28. The molecule has 1 aliphatic heterocycles.